The number of nitrogens with one attached hydrogen (secondary N) is 2. The number of benzene rings is 1. The molecule has 1 rings (SSSR count). The molecule has 2 unspecified atom stereocenters. The van der Waals surface area contributed by atoms with Crippen molar-refractivity contribution in [1.82, 2.24) is 15.5 Å². The number of nitrogens with two attached hydrogens (primary N) is 1. The Hall–Kier alpha value is -3.30. The third-order valence-corrected chi connectivity index (χ3v) is 5.30. The van der Waals surface area contributed by atoms with E-state index < -0.39 is 47.9 Å². The molecule has 0 aliphatic carbocycles. The van der Waals surface area contributed by atoms with Gasteiger partial charge in [0.25, 0.3) is 0 Å². The van der Waals surface area contributed by atoms with Crippen LogP contribution in [0.2, 0.25) is 0 Å². The van der Waals surface area contributed by atoms with Crippen molar-refractivity contribution in [1.29, 1.82) is 0 Å². The molecule has 4 amide bonds. The molecular formula is C26H42N4O6. The van der Waals surface area contributed by atoms with Crippen molar-refractivity contribution in [2.75, 3.05) is 13.1 Å². The van der Waals surface area contributed by atoms with Gasteiger partial charge in [0.05, 0.1) is 6.42 Å². The van der Waals surface area contributed by atoms with E-state index in [-0.39, 0.29) is 17.9 Å². The summed E-state index contributed by atoms with van der Waals surface area (Å²) in [5.41, 5.74) is 4.80. The molecule has 0 bridgehead atoms. The van der Waals surface area contributed by atoms with Gasteiger partial charge >= 0.3 is 6.09 Å². The van der Waals surface area contributed by atoms with Crippen LogP contribution in [0.15, 0.2) is 24.3 Å². The topological polar surface area (TPSA) is 151 Å². The maximum absolute atomic E-state index is 13.8. The standard InChI is InChI=1S/C26H42N4O6/c1-6-8-12-16-30(24(34)19(17-21(27)32)29-25(35)36-26(3,4)5)22(23(33)28-15-9-7-2)18-13-10-11-14-20(18)31/h10-11,13-14,19,22,31H,6-9,12,15-17H2,1-5H3,(H2,27,32)(H,28,33)(H,29,35). The molecule has 1 aromatic carbocycles. The monoisotopic (exact) mass is 506 g/mol. The molecule has 0 radical (unpaired) electrons. The van der Waals surface area contributed by atoms with Gasteiger partial charge < -0.3 is 31.1 Å². The Balaban J connectivity index is 3.46. The highest BCUT2D eigenvalue weighted by atomic mass is 16.6. The average Bonchev–Trinajstić information content (AvgIpc) is 2.77. The van der Waals surface area contributed by atoms with Crippen molar-refractivity contribution in [3.8, 4) is 5.75 Å². The third kappa shape index (κ3) is 10.5. The second-order valence-corrected chi connectivity index (χ2v) is 9.71. The number of rotatable bonds is 14. The Morgan fingerprint density at radius 1 is 1.06 bits per heavy atom. The Kier molecular flexibility index (Phi) is 12.8. The van der Waals surface area contributed by atoms with E-state index in [0.717, 1.165) is 25.7 Å². The number of hydrogen-bond donors (Lipinski definition) is 4. The van der Waals surface area contributed by atoms with Crippen molar-refractivity contribution in [2.45, 2.75) is 90.8 Å². The second kappa shape index (κ2) is 15.0. The van der Waals surface area contributed by atoms with Gasteiger partial charge in [-0.05, 0) is 39.7 Å². The van der Waals surface area contributed by atoms with Gasteiger partial charge in [-0.2, -0.15) is 0 Å². The van der Waals surface area contributed by atoms with Gasteiger partial charge in [0, 0.05) is 18.7 Å². The average molecular weight is 507 g/mol. The van der Waals surface area contributed by atoms with E-state index in [1.807, 2.05) is 13.8 Å². The number of alkyl carbamates (subject to hydrolysis) is 1. The number of carbonyl (C=O) groups is 4. The first-order chi connectivity index (χ1) is 16.9. The summed E-state index contributed by atoms with van der Waals surface area (Å²) in [5.74, 6) is -2.09. The van der Waals surface area contributed by atoms with Gasteiger partial charge in [-0.1, -0.05) is 51.3 Å². The highest BCUT2D eigenvalue weighted by Gasteiger charge is 2.37. The summed E-state index contributed by atoms with van der Waals surface area (Å²) >= 11 is 0. The van der Waals surface area contributed by atoms with Gasteiger partial charge in [0.1, 0.15) is 23.4 Å². The molecule has 0 fully saturated rings. The van der Waals surface area contributed by atoms with E-state index in [9.17, 15) is 24.3 Å². The number of ether oxygens (including phenoxy) is 1. The van der Waals surface area contributed by atoms with Crippen LogP contribution in [-0.2, 0) is 19.1 Å². The van der Waals surface area contributed by atoms with Crippen molar-refractivity contribution < 1.29 is 29.0 Å². The molecule has 0 saturated heterocycles. The van der Waals surface area contributed by atoms with E-state index in [0.29, 0.717) is 13.0 Å². The Bertz CT molecular complexity index is 883. The molecule has 202 valence electrons. The number of aromatic hydroxyl groups is 1. The maximum atomic E-state index is 13.8. The minimum atomic E-state index is -1.35. The van der Waals surface area contributed by atoms with Crippen molar-refractivity contribution >= 4 is 23.8 Å². The number of phenols is 1. The van der Waals surface area contributed by atoms with Crippen molar-refractivity contribution in [3.05, 3.63) is 29.8 Å². The number of nitrogens with zero attached hydrogens (tertiary/aromatic N) is 1. The van der Waals surface area contributed by atoms with Crippen LogP contribution in [0, 0.1) is 0 Å². The number of primary amides is 1. The molecule has 0 spiro atoms. The number of phenolic OH excluding ortho intramolecular Hbond substituents is 1. The maximum Gasteiger partial charge on any atom is 0.408 e. The normalized spacial score (nSPS) is 12.8. The molecule has 36 heavy (non-hydrogen) atoms. The molecule has 0 heterocycles. The zero-order chi connectivity index (χ0) is 27.3. The van der Waals surface area contributed by atoms with Crippen LogP contribution >= 0.6 is 0 Å². The second-order valence-electron chi connectivity index (χ2n) is 9.71. The predicted octanol–water partition coefficient (Wildman–Crippen LogP) is 3.14. The van der Waals surface area contributed by atoms with Crippen LogP contribution in [0.25, 0.3) is 0 Å². The highest BCUT2D eigenvalue weighted by molar-refractivity contribution is 5.94. The number of amides is 4. The number of carbonyl (C=O) groups excluding carboxylic acids is 4. The van der Waals surface area contributed by atoms with Crippen molar-refractivity contribution in [3.63, 3.8) is 0 Å². The number of unbranched alkanes of at least 4 members (excludes halogenated alkanes) is 3. The van der Waals surface area contributed by atoms with Crippen LogP contribution in [-0.4, -0.2) is 58.6 Å². The zero-order valence-corrected chi connectivity index (χ0v) is 22.1. The molecule has 0 aliphatic rings. The summed E-state index contributed by atoms with van der Waals surface area (Å²) in [6, 6.07) is 3.77. The lowest BCUT2D eigenvalue weighted by Crippen LogP contribution is -2.54. The van der Waals surface area contributed by atoms with E-state index in [2.05, 4.69) is 10.6 Å². The van der Waals surface area contributed by atoms with Gasteiger partial charge in [-0.15, -0.1) is 0 Å². The third-order valence-electron chi connectivity index (χ3n) is 5.30. The molecule has 5 N–H and O–H groups in total. The first kappa shape index (κ1) is 30.7. The fourth-order valence-electron chi connectivity index (χ4n) is 3.60. The summed E-state index contributed by atoms with van der Waals surface area (Å²) in [7, 11) is 0. The van der Waals surface area contributed by atoms with E-state index >= 15 is 0 Å². The van der Waals surface area contributed by atoms with Gasteiger partial charge in [-0.25, -0.2) is 4.79 Å². The summed E-state index contributed by atoms with van der Waals surface area (Å²) in [6.07, 6.45) is 2.47. The predicted molar refractivity (Wildman–Crippen MR) is 137 cm³/mol. The van der Waals surface area contributed by atoms with Gasteiger partial charge in [0.2, 0.25) is 17.7 Å². The number of para-hydroxylation sites is 1. The van der Waals surface area contributed by atoms with Crippen LogP contribution in [0.5, 0.6) is 5.75 Å². The zero-order valence-electron chi connectivity index (χ0n) is 22.1. The molecule has 2 atom stereocenters. The molecule has 0 aromatic heterocycles. The molecule has 10 nitrogen and oxygen atoms in total. The largest absolute Gasteiger partial charge is 0.508 e. The Labute approximate surface area is 213 Å². The van der Waals surface area contributed by atoms with Crippen LogP contribution in [0.4, 0.5) is 4.79 Å². The fourth-order valence-corrected chi connectivity index (χ4v) is 3.60. The molecule has 0 aliphatic heterocycles. The summed E-state index contributed by atoms with van der Waals surface area (Å²) in [5, 5.41) is 15.9. The lowest BCUT2D eigenvalue weighted by Gasteiger charge is -2.34. The van der Waals surface area contributed by atoms with Crippen LogP contribution in [0.1, 0.15) is 84.7 Å². The Morgan fingerprint density at radius 2 is 1.69 bits per heavy atom. The fraction of sp³-hybridized carbons (Fsp3) is 0.615. The summed E-state index contributed by atoms with van der Waals surface area (Å²) < 4.78 is 5.26. The summed E-state index contributed by atoms with van der Waals surface area (Å²) in [4.78, 5) is 52.8. The summed E-state index contributed by atoms with van der Waals surface area (Å²) in [6.45, 7) is 9.57. The van der Waals surface area contributed by atoms with E-state index in [4.69, 9.17) is 10.5 Å². The van der Waals surface area contributed by atoms with Crippen molar-refractivity contribution in [2.24, 2.45) is 5.73 Å². The van der Waals surface area contributed by atoms with Crippen LogP contribution in [0.3, 0.4) is 0 Å². The minimum absolute atomic E-state index is 0.145. The van der Waals surface area contributed by atoms with Gasteiger partial charge in [0.15, 0.2) is 0 Å². The first-order valence-corrected chi connectivity index (χ1v) is 12.5. The van der Waals surface area contributed by atoms with Gasteiger partial charge in [-0.3, -0.25) is 14.4 Å². The minimum Gasteiger partial charge on any atom is -0.508 e. The first-order valence-electron chi connectivity index (χ1n) is 12.5. The molecule has 10 heteroatoms. The quantitative estimate of drug-likeness (QED) is 0.285. The van der Waals surface area contributed by atoms with E-state index in [1.54, 1.807) is 39.0 Å². The molecule has 0 saturated carbocycles. The Morgan fingerprint density at radius 3 is 2.25 bits per heavy atom. The smallest absolute Gasteiger partial charge is 0.408 e. The van der Waals surface area contributed by atoms with E-state index in [1.165, 1.54) is 11.0 Å². The lowest BCUT2D eigenvalue weighted by atomic mass is 10.00. The highest BCUT2D eigenvalue weighted by Crippen LogP contribution is 2.30. The SMILES string of the molecule is CCCCCN(C(=O)C(CC(N)=O)NC(=O)OC(C)(C)C)C(C(=O)NCCCC)c1ccccc1O. The molecular weight excluding hydrogens is 464 g/mol. The van der Waals surface area contributed by atoms with Crippen LogP contribution < -0.4 is 16.4 Å². The lowest BCUT2D eigenvalue weighted by molar-refractivity contribution is -0.143. The number of hydrogen-bond acceptors (Lipinski definition) is 6. The molecule has 1 aromatic rings.